The number of methoxy groups -OCH3 is 1. The van der Waals surface area contributed by atoms with Crippen LogP contribution in [0.1, 0.15) is 6.42 Å². The highest BCUT2D eigenvalue weighted by Crippen LogP contribution is 2.28. The number of rotatable bonds is 5. The van der Waals surface area contributed by atoms with E-state index < -0.39 is 11.9 Å². The highest BCUT2D eigenvalue weighted by molar-refractivity contribution is 6.01. The number of nitrogens with one attached hydrogen (secondary N) is 2. The summed E-state index contributed by atoms with van der Waals surface area (Å²) in [5, 5.41) is 9.74. The first-order valence-electron chi connectivity index (χ1n) is 8.66. The summed E-state index contributed by atoms with van der Waals surface area (Å²) in [5.41, 5.74) is 3.10. The van der Waals surface area contributed by atoms with Gasteiger partial charge in [0.05, 0.1) is 19.0 Å². The number of amides is 1. The SMILES string of the molecule is COc1ccc(F)c(NC2CCN(c3ccc(-c4cn[nH]c4)cc3)C2=O)c1. The molecule has 1 aliphatic rings. The molecule has 2 aromatic carbocycles. The molecule has 0 bridgehead atoms. The van der Waals surface area contributed by atoms with Crippen LogP contribution >= 0.6 is 0 Å². The van der Waals surface area contributed by atoms with Crippen LogP contribution in [0.3, 0.4) is 0 Å². The molecule has 27 heavy (non-hydrogen) atoms. The Morgan fingerprint density at radius 3 is 2.74 bits per heavy atom. The predicted molar refractivity (Wildman–Crippen MR) is 101 cm³/mol. The lowest BCUT2D eigenvalue weighted by atomic mass is 10.1. The summed E-state index contributed by atoms with van der Waals surface area (Å²) in [5.74, 6) is 0.0517. The third-order valence-corrected chi connectivity index (χ3v) is 4.72. The number of hydrogen-bond donors (Lipinski definition) is 2. The van der Waals surface area contributed by atoms with E-state index in [4.69, 9.17) is 4.74 Å². The van der Waals surface area contributed by atoms with Crippen LogP contribution in [0, 0.1) is 5.82 Å². The van der Waals surface area contributed by atoms with Crippen molar-refractivity contribution in [2.75, 3.05) is 23.9 Å². The van der Waals surface area contributed by atoms with Crippen molar-refractivity contribution >= 4 is 17.3 Å². The fourth-order valence-electron chi connectivity index (χ4n) is 3.24. The number of halogens is 1. The van der Waals surface area contributed by atoms with Gasteiger partial charge in [0.15, 0.2) is 0 Å². The van der Waals surface area contributed by atoms with Crippen LogP contribution in [0.5, 0.6) is 5.75 Å². The number of hydrogen-bond acceptors (Lipinski definition) is 4. The standard InChI is InChI=1S/C20H19FN4O2/c1-27-16-6-7-17(21)19(10-16)24-18-8-9-25(20(18)26)15-4-2-13(3-5-15)14-11-22-23-12-14/h2-7,10-12,18,24H,8-9H2,1H3,(H,22,23). The van der Waals surface area contributed by atoms with Crippen LogP contribution in [0.2, 0.25) is 0 Å². The number of aromatic nitrogens is 2. The van der Waals surface area contributed by atoms with Gasteiger partial charge in [0.1, 0.15) is 17.6 Å². The molecule has 1 unspecified atom stereocenters. The van der Waals surface area contributed by atoms with Gasteiger partial charge in [-0.3, -0.25) is 9.89 Å². The summed E-state index contributed by atoms with van der Waals surface area (Å²) in [7, 11) is 1.52. The molecule has 1 fully saturated rings. The first-order chi connectivity index (χ1) is 13.2. The van der Waals surface area contributed by atoms with Crippen LogP contribution in [0.15, 0.2) is 54.9 Å². The lowest BCUT2D eigenvalue weighted by Crippen LogP contribution is -2.33. The zero-order valence-electron chi connectivity index (χ0n) is 14.8. The molecular weight excluding hydrogens is 347 g/mol. The van der Waals surface area contributed by atoms with Gasteiger partial charge in [-0.1, -0.05) is 12.1 Å². The molecule has 0 radical (unpaired) electrons. The maximum atomic E-state index is 14.0. The van der Waals surface area contributed by atoms with Crippen molar-refractivity contribution in [2.45, 2.75) is 12.5 Å². The van der Waals surface area contributed by atoms with Crippen molar-refractivity contribution in [2.24, 2.45) is 0 Å². The minimum Gasteiger partial charge on any atom is -0.497 e. The molecule has 6 nitrogen and oxygen atoms in total. The number of ether oxygens (including phenoxy) is 1. The Balaban J connectivity index is 1.49. The van der Waals surface area contributed by atoms with E-state index in [1.165, 1.54) is 13.2 Å². The summed E-state index contributed by atoms with van der Waals surface area (Å²) < 4.78 is 19.2. The monoisotopic (exact) mass is 366 g/mol. The third kappa shape index (κ3) is 3.36. The van der Waals surface area contributed by atoms with E-state index in [9.17, 15) is 9.18 Å². The van der Waals surface area contributed by atoms with Crippen molar-refractivity contribution in [3.05, 3.63) is 60.7 Å². The quantitative estimate of drug-likeness (QED) is 0.726. The van der Waals surface area contributed by atoms with E-state index in [2.05, 4.69) is 15.5 Å². The van der Waals surface area contributed by atoms with Gasteiger partial charge >= 0.3 is 0 Å². The zero-order chi connectivity index (χ0) is 18.8. The zero-order valence-corrected chi connectivity index (χ0v) is 14.8. The molecule has 0 aliphatic carbocycles. The molecule has 1 saturated heterocycles. The van der Waals surface area contributed by atoms with Crippen molar-refractivity contribution < 1.29 is 13.9 Å². The van der Waals surface area contributed by atoms with E-state index in [1.54, 1.807) is 23.2 Å². The second-order valence-electron chi connectivity index (χ2n) is 6.36. The Kier molecular flexibility index (Phi) is 4.50. The molecule has 0 saturated carbocycles. The van der Waals surface area contributed by atoms with Gasteiger partial charge in [0.25, 0.3) is 0 Å². The predicted octanol–water partition coefficient (Wildman–Crippen LogP) is 3.44. The van der Waals surface area contributed by atoms with Crippen LogP contribution < -0.4 is 15.0 Å². The normalized spacial score (nSPS) is 16.6. The summed E-state index contributed by atoms with van der Waals surface area (Å²) in [6, 6.07) is 11.7. The summed E-state index contributed by atoms with van der Waals surface area (Å²) >= 11 is 0. The maximum absolute atomic E-state index is 14.0. The molecule has 1 aromatic heterocycles. The number of nitrogens with zero attached hydrogens (tertiary/aromatic N) is 2. The highest BCUT2D eigenvalue weighted by atomic mass is 19.1. The fourth-order valence-corrected chi connectivity index (χ4v) is 3.24. The number of aromatic amines is 1. The molecule has 1 atom stereocenters. The molecule has 7 heteroatoms. The van der Waals surface area contributed by atoms with E-state index in [0.29, 0.717) is 18.7 Å². The Hall–Kier alpha value is -3.35. The lowest BCUT2D eigenvalue weighted by molar-refractivity contribution is -0.117. The van der Waals surface area contributed by atoms with E-state index in [0.717, 1.165) is 16.8 Å². The molecule has 3 aromatic rings. The maximum Gasteiger partial charge on any atom is 0.249 e. The second-order valence-corrected chi connectivity index (χ2v) is 6.36. The van der Waals surface area contributed by atoms with Crippen molar-refractivity contribution in [1.29, 1.82) is 0 Å². The fraction of sp³-hybridized carbons (Fsp3) is 0.200. The van der Waals surface area contributed by atoms with Crippen LogP contribution in [0.25, 0.3) is 11.1 Å². The smallest absolute Gasteiger partial charge is 0.249 e. The topological polar surface area (TPSA) is 70.2 Å². The van der Waals surface area contributed by atoms with Gasteiger partial charge in [-0.05, 0) is 36.2 Å². The van der Waals surface area contributed by atoms with E-state index >= 15 is 0 Å². The molecule has 1 amide bonds. The first-order valence-corrected chi connectivity index (χ1v) is 8.66. The Bertz CT molecular complexity index is 941. The summed E-state index contributed by atoms with van der Waals surface area (Å²) in [4.78, 5) is 14.5. The molecule has 2 heterocycles. The van der Waals surface area contributed by atoms with Gasteiger partial charge in [-0.25, -0.2) is 4.39 Å². The van der Waals surface area contributed by atoms with E-state index in [1.807, 2.05) is 30.5 Å². The Labute approximate surface area is 156 Å². The first kappa shape index (κ1) is 17.1. The largest absolute Gasteiger partial charge is 0.497 e. The number of carbonyl (C=O) groups excluding carboxylic acids is 1. The average Bonchev–Trinajstić information content (AvgIpc) is 3.35. The van der Waals surface area contributed by atoms with Gasteiger partial charge in [-0.2, -0.15) is 5.10 Å². The second kappa shape index (κ2) is 7.11. The van der Waals surface area contributed by atoms with Gasteiger partial charge < -0.3 is 15.0 Å². The Morgan fingerprint density at radius 1 is 1.22 bits per heavy atom. The molecular formula is C20H19FN4O2. The molecule has 138 valence electrons. The molecule has 2 N–H and O–H groups in total. The van der Waals surface area contributed by atoms with Gasteiger partial charge in [0.2, 0.25) is 5.91 Å². The average molecular weight is 366 g/mol. The summed E-state index contributed by atoms with van der Waals surface area (Å²) in [6.45, 7) is 0.577. The van der Waals surface area contributed by atoms with Crippen molar-refractivity contribution in [3.8, 4) is 16.9 Å². The number of benzene rings is 2. The van der Waals surface area contributed by atoms with Gasteiger partial charge in [0, 0.05) is 30.1 Å². The Morgan fingerprint density at radius 2 is 2.04 bits per heavy atom. The summed E-state index contributed by atoms with van der Waals surface area (Å²) in [6.07, 6.45) is 4.16. The molecule has 0 spiro atoms. The van der Waals surface area contributed by atoms with Gasteiger partial charge in [-0.15, -0.1) is 0 Å². The minimum absolute atomic E-state index is 0.0757. The van der Waals surface area contributed by atoms with Crippen molar-refractivity contribution in [3.63, 3.8) is 0 Å². The highest BCUT2D eigenvalue weighted by Gasteiger charge is 2.33. The third-order valence-electron chi connectivity index (χ3n) is 4.72. The minimum atomic E-state index is -0.472. The number of anilines is 2. The molecule has 1 aliphatic heterocycles. The number of H-pyrrole nitrogens is 1. The van der Waals surface area contributed by atoms with Crippen LogP contribution in [-0.2, 0) is 4.79 Å². The van der Waals surface area contributed by atoms with Crippen molar-refractivity contribution in [1.82, 2.24) is 10.2 Å². The number of carbonyl (C=O) groups is 1. The molecule has 4 rings (SSSR count). The van der Waals surface area contributed by atoms with Crippen LogP contribution in [-0.4, -0.2) is 35.8 Å². The lowest BCUT2D eigenvalue weighted by Gasteiger charge is -2.18. The van der Waals surface area contributed by atoms with E-state index in [-0.39, 0.29) is 11.6 Å². The van der Waals surface area contributed by atoms with Crippen LogP contribution in [0.4, 0.5) is 15.8 Å².